The highest BCUT2D eigenvalue weighted by Gasteiger charge is 2.33. The lowest BCUT2D eigenvalue weighted by molar-refractivity contribution is -0.123. The molecule has 0 saturated heterocycles. The highest BCUT2D eigenvalue weighted by molar-refractivity contribution is 6.32. The van der Waals surface area contributed by atoms with Gasteiger partial charge in [0.2, 0.25) is 0 Å². The van der Waals surface area contributed by atoms with Crippen molar-refractivity contribution in [2.24, 2.45) is 5.10 Å². The van der Waals surface area contributed by atoms with Crippen LogP contribution in [0.4, 0.5) is 0 Å². The van der Waals surface area contributed by atoms with Crippen LogP contribution in [0.5, 0.6) is 5.75 Å². The molecule has 1 aliphatic heterocycles. The maximum atomic E-state index is 12.8. The van der Waals surface area contributed by atoms with Gasteiger partial charge in [0.25, 0.3) is 11.8 Å². The molecule has 0 radical (unpaired) electrons. The summed E-state index contributed by atoms with van der Waals surface area (Å²) >= 11 is 6.06. The summed E-state index contributed by atoms with van der Waals surface area (Å²) < 4.78 is 5.49. The van der Waals surface area contributed by atoms with Crippen LogP contribution in [0.1, 0.15) is 22.8 Å². The number of benzene rings is 2. The number of carbonyl (C=O) groups is 2. The second-order valence-corrected chi connectivity index (χ2v) is 6.14. The Morgan fingerprint density at radius 2 is 2.04 bits per heavy atom. The highest BCUT2D eigenvalue weighted by atomic mass is 35.5. The number of terminal acetylenes is 1. The molecule has 2 aromatic rings. The standard InChI is InChI=1S/C21H15ClN2O3/c1-3-11-27-19-10-9-17(22)12-16(19)13-18-14(2)23-24(21(18)26)20(25)15-7-5-4-6-8-15/h1,4-10,12-13H,11H2,2H3/b18-13+. The zero-order valence-electron chi connectivity index (χ0n) is 14.5. The molecule has 0 unspecified atom stereocenters. The summed E-state index contributed by atoms with van der Waals surface area (Å²) in [6, 6.07) is 13.5. The molecule has 0 spiro atoms. The van der Waals surface area contributed by atoms with E-state index in [4.69, 9.17) is 22.8 Å². The molecule has 1 aliphatic rings. The van der Waals surface area contributed by atoms with Crippen LogP contribution in [-0.2, 0) is 4.79 Å². The molecule has 0 fully saturated rings. The summed E-state index contributed by atoms with van der Waals surface area (Å²) in [4.78, 5) is 25.3. The third kappa shape index (κ3) is 3.91. The van der Waals surface area contributed by atoms with Gasteiger partial charge < -0.3 is 4.74 Å². The summed E-state index contributed by atoms with van der Waals surface area (Å²) in [5.41, 5.74) is 1.66. The first-order valence-electron chi connectivity index (χ1n) is 8.08. The number of amides is 2. The number of carbonyl (C=O) groups excluding carboxylic acids is 2. The van der Waals surface area contributed by atoms with Crippen molar-refractivity contribution in [1.82, 2.24) is 5.01 Å². The zero-order chi connectivity index (χ0) is 19.4. The van der Waals surface area contributed by atoms with Crippen molar-refractivity contribution in [1.29, 1.82) is 0 Å². The lowest BCUT2D eigenvalue weighted by Crippen LogP contribution is -2.29. The van der Waals surface area contributed by atoms with Gasteiger partial charge in [-0.2, -0.15) is 10.1 Å². The van der Waals surface area contributed by atoms with Gasteiger partial charge in [-0.05, 0) is 43.3 Å². The van der Waals surface area contributed by atoms with Crippen LogP contribution in [-0.4, -0.2) is 29.1 Å². The topological polar surface area (TPSA) is 59.0 Å². The van der Waals surface area contributed by atoms with Gasteiger partial charge in [0, 0.05) is 16.1 Å². The van der Waals surface area contributed by atoms with Crippen molar-refractivity contribution in [2.75, 3.05) is 6.61 Å². The van der Waals surface area contributed by atoms with E-state index in [-0.39, 0.29) is 12.2 Å². The minimum absolute atomic E-state index is 0.0808. The SMILES string of the molecule is C#CCOc1ccc(Cl)cc1/C=C1/C(=O)N(C(=O)c2ccccc2)N=C1C. The smallest absolute Gasteiger partial charge is 0.283 e. The molecule has 0 N–H and O–H groups in total. The Kier molecular flexibility index (Phi) is 5.39. The number of ether oxygens (including phenoxy) is 1. The van der Waals surface area contributed by atoms with E-state index in [2.05, 4.69) is 11.0 Å². The van der Waals surface area contributed by atoms with E-state index < -0.39 is 11.8 Å². The van der Waals surface area contributed by atoms with Crippen LogP contribution in [0.3, 0.4) is 0 Å². The van der Waals surface area contributed by atoms with Gasteiger partial charge in [-0.15, -0.1) is 6.42 Å². The van der Waals surface area contributed by atoms with Crippen molar-refractivity contribution >= 4 is 35.2 Å². The quantitative estimate of drug-likeness (QED) is 0.462. The first kappa shape index (κ1) is 18.4. The summed E-state index contributed by atoms with van der Waals surface area (Å²) in [7, 11) is 0. The fourth-order valence-corrected chi connectivity index (χ4v) is 2.74. The normalized spacial score (nSPS) is 14.9. The lowest BCUT2D eigenvalue weighted by atomic mass is 10.1. The Morgan fingerprint density at radius 1 is 1.30 bits per heavy atom. The average Bonchev–Trinajstić information content (AvgIpc) is 2.96. The summed E-state index contributed by atoms with van der Waals surface area (Å²) in [5.74, 6) is 1.88. The third-order valence-electron chi connectivity index (χ3n) is 3.86. The minimum Gasteiger partial charge on any atom is -0.480 e. The maximum absolute atomic E-state index is 12.8. The molecule has 0 saturated carbocycles. The molecule has 3 rings (SSSR count). The third-order valence-corrected chi connectivity index (χ3v) is 4.09. The Morgan fingerprint density at radius 3 is 2.74 bits per heavy atom. The second kappa shape index (κ2) is 7.90. The predicted molar refractivity (Wildman–Crippen MR) is 104 cm³/mol. The predicted octanol–water partition coefficient (Wildman–Crippen LogP) is 3.79. The monoisotopic (exact) mass is 378 g/mol. The van der Waals surface area contributed by atoms with Gasteiger partial charge in [-0.25, -0.2) is 0 Å². The molecule has 0 aliphatic carbocycles. The Labute approximate surface area is 161 Å². The molecule has 6 heteroatoms. The molecule has 0 atom stereocenters. The molecular weight excluding hydrogens is 364 g/mol. The van der Waals surface area contributed by atoms with E-state index in [9.17, 15) is 9.59 Å². The van der Waals surface area contributed by atoms with Crippen LogP contribution in [0.15, 0.2) is 59.2 Å². The minimum atomic E-state index is -0.510. The summed E-state index contributed by atoms with van der Waals surface area (Å²) in [5, 5.41) is 5.46. The molecule has 134 valence electrons. The fourth-order valence-electron chi connectivity index (χ4n) is 2.56. The van der Waals surface area contributed by atoms with Gasteiger partial charge >= 0.3 is 0 Å². The van der Waals surface area contributed by atoms with Crippen molar-refractivity contribution in [3.8, 4) is 18.1 Å². The molecule has 2 aromatic carbocycles. The van der Waals surface area contributed by atoms with Crippen LogP contribution in [0.25, 0.3) is 6.08 Å². The van der Waals surface area contributed by atoms with Crippen molar-refractivity contribution in [3.05, 3.63) is 70.3 Å². The van der Waals surface area contributed by atoms with Gasteiger partial charge in [0.15, 0.2) is 0 Å². The fraction of sp³-hybridized carbons (Fsp3) is 0.0952. The Hall–Kier alpha value is -3.36. The number of imide groups is 1. The highest BCUT2D eigenvalue weighted by Crippen LogP contribution is 2.28. The first-order valence-corrected chi connectivity index (χ1v) is 8.46. The second-order valence-electron chi connectivity index (χ2n) is 5.71. The molecule has 27 heavy (non-hydrogen) atoms. The van der Waals surface area contributed by atoms with Gasteiger partial charge in [-0.1, -0.05) is 35.7 Å². The van der Waals surface area contributed by atoms with Gasteiger partial charge in [0.05, 0.1) is 11.3 Å². The molecule has 0 aromatic heterocycles. The van der Waals surface area contributed by atoms with Crippen LogP contribution in [0.2, 0.25) is 5.02 Å². The summed E-state index contributed by atoms with van der Waals surface area (Å²) in [6.07, 6.45) is 6.83. The maximum Gasteiger partial charge on any atom is 0.283 e. The van der Waals surface area contributed by atoms with Crippen molar-refractivity contribution in [3.63, 3.8) is 0 Å². The van der Waals surface area contributed by atoms with Crippen molar-refractivity contribution in [2.45, 2.75) is 6.92 Å². The number of halogens is 1. The largest absolute Gasteiger partial charge is 0.480 e. The molecular formula is C21H15ClN2O3. The molecule has 2 amide bonds. The van der Waals surface area contributed by atoms with E-state index in [0.29, 0.717) is 27.6 Å². The summed E-state index contributed by atoms with van der Waals surface area (Å²) in [6.45, 7) is 1.74. The number of nitrogens with zero attached hydrogens (tertiary/aromatic N) is 2. The number of hydrogen-bond donors (Lipinski definition) is 0. The first-order chi connectivity index (χ1) is 13.0. The van der Waals surface area contributed by atoms with Gasteiger partial charge in [-0.3, -0.25) is 9.59 Å². The van der Waals surface area contributed by atoms with E-state index in [1.165, 1.54) is 0 Å². The molecule has 0 bridgehead atoms. The molecule has 5 nitrogen and oxygen atoms in total. The van der Waals surface area contributed by atoms with Crippen molar-refractivity contribution < 1.29 is 14.3 Å². The number of rotatable bonds is 4. The number of hydrazone groups is 1. The Balaban J connectivity index is 1.94. The van der Waals surface area contributed by atoms with E-state index in [0.717, 1.165) is 5.01 Å². The van der Waals surface area contributed by atoms with E-state index >= 15 is 0 Å². The van der Waals surface area contributed by atoms with E-state index in [1.807, 2.05) is 0 Å². The van der Waals surface area contributed by atoms with Crippen LogP contribution >= 0.6 is 11.6 Å². The number of hydrogen-bond acceptors (Lipinski definition) is 4. The van der Waals surface area contributed by atoms with Crippen LogP contribution < -0.4 is 4.74 Å². The lowest BCUT2D eigenvalue weighted by Gasteiger charge is -2.10. The average molecular weight is 379 g/mol. The Bertz CT molecular complexity index is 1000. The van der Waals surface area contributed by atoms with Gasteiger partial charge in [0.1, 0.15) is 12.4 Å². The molecule has 1 heterocycles. The zero-order valence-corrected chi connectivity index (χ0v) is 15.2. The van der Waals surface area contributed by atoms with E-state index in [1.54, 1.807) is 61.5 Å². The van der Waals surface area contributed by atoms with Crippen LogP contribution in [0, 0.1) is 12.3 Å².